The molecule has 0 unspecified atom stereocenters. The van der Waals surface area contributed by atoms with Crippen LogP contribution in [0.1, 0.15) is 49.6 Å². The third-order valence-electron chi connectivity index (χ3n) is 4.95. The lowest BCUT2D eigenvalue weighted by molar-refractivity contribution is 0.0653. The molecular formula is C22H27N5O3. The van der Waals surface area contributed by atoms with E-state index in [4.69, 9.17) is 14.7 Å². The number of likely N-dealkylation sites (tertiary alicyclic amines) is 1. The highest BCUT2D eigenvalue weighted by molar-refractivity contribution is 5.79. The summed E-state index contributed by atoms with van der Waals surface area (Å²) in [5.41, 5.74) is 2.44. The number of aromatic nitrogens is 2. The van der Waals surface area contributed by atoms with E-state index >= 15 is 0 Å². The monoisotopic (exact) mass is 409 g/mol. The molecule has 0 radical (unpaired) electrons. The molecule has 0 saturated carbocycles. The molecular weight excluding hydrogens is 382 g/mol. The fourth-order valence-corrected chi connectivity index (χ4v) is 3.43. The van der Waals surface area contributed by atoms with E-state index in [0.29, 0.717) is 31.0 Å². The Morgan fingerprint density at radius 3 is 2.63 bits per heavy atom. The van der Waals surface area contributed by atoms with Crippen molar-refractivity contribution in [2.75, 3.05) is 20.1 Å². The van der Waals surface area contributed by atoms with E-state index in [0.717, 1.165) is 24.1 Å². The number of aliphatic imine (C=N–C) groups is 1. The van der Waals surface area contributed by atoms with Crippen molar-refractivity contribution in [2.24, 2.45) is 4.99 Å². The summed E-state index contributed by atoms with van der Waals surface area (Å²) in [6.45, 7) is 5.33. The number of amides is 1. The van der Waals surface area contributed by atoms with Crippen LogP contribution in [0, 0.1) is 11.3 Å². The lowest BCUT2D eigenvalue weighted by atomic mass is 10.1. The van der Waals surface area contributed by atoms with Gasteiger partial charge in [-0.3, -0.25) is 9.67 Å². The Bertz CT molecular complexity index is 919. The fraction of sp³-hybridized carbons (Fsp3) is 0.455. The van der Waals surface area contributed by atoms with E-state index in [9.17, 15) is 4.79 Å². The van der Waals surface area contributed by atoms with Gasteiger partial charge in [0.2, 0.25) is 0 Å². The van der Waals surface area contributed by atoms with Gasteiger partial charge in [-0.15, -0.1) is 0 Å². The molecule has 3 rings (SSSR count). The normalized spacial score (nSPS) is 14.8. The van der Waals surface area contributed by atoms with Gasteiger partial charge >= 0.3 is 6.09 Å². The molecule has 1 aromatic carbocycles. The van der Waals surface area contributed by atoms with Crippen molar-refractivity contribution in [3.8, 4) is 11.8 Å². The maximum atomic E-state index is 12.1. The first-order valence-electron chi connectivity index (χ1n) is 10.1. The number of hydrogen-bond donors (Lipinski definition) is 0. The number of nitrogens with zero attached hydrogens (tertiary/aromatic N) is 5. The Morgan fingerprint density at radius 2 is 2.03 bits per heavy atom. The largest absolute Gasteiger partial charge is 0.489 e. The van der Waals surface area contributed by atoms with Gasteiger partial charge in [-0.2, -0.15) is 10.4 Å². The number of carbonyl (C=O) groups is 1. The highest BCUT2D eigenvalue weighted by atomic mass is 16.6. The first-order chi connectivity index (χ1) is 14.5. The maximum Gasteiger partial charge on any atom is 0.410 e. The van der Waals surface area contributed by atoms with Crippen molar-refractivity contribution in [1.82, 2.24) is 14.7 Å². The molecule has 0 bridgehead atoms. The topological polar surface area (TPSA) is 92.7 Å². The molecule has 8 heteroatoms. The van der Waals surface area contributed by atoms with Crippen molar-refractivity contribution >= 4 is 12.3 Å². The van der Waals surface area contributed by atoms with Crippen LogP contribution >= 0.6 is 0 Å². The van der Waals surface area contributed by atoms with Crippen molar-refractivity contribution in [1.29, 1.82) is 5.26 Å². The van der Waals surface area contributed by atoms with Crippen LogP contribution in [0.5, 0.6) is 5.75 Å². The second-order valence-corrected chi connectivity index (χ2v) is 7.46. The fourth-order valence-electron chi connectivity index (χ4n) is 3.43. The van der Waals surface area contributed by atoms with Gasteiger partial charge in [0.25, 0.3) is 0 Å². The summed E-state index contributed by atoms with van der Waals surface area (Å²) >= 11 is 0. The van der Waals surface area contributed by atoms with Gasteiger partial charge in [0, 0.05) is 31.9 Å². The van der Waals surface area contributed by atoms with Crippen LogP contribution < -0.4 is 4.74 Å². The summed E-state index contributed by atoms with van der Waals surface area (Å²) in [5, 5.41) is 13.5. The SMILES string of the molecule is CN=Cc1c(COc2ccc(C#N)cc2)cnn1C1CCN(C(=O)OC(C)C)CC1. The van der Waals surface area contributed by atoms with Gasteiger partial charge in [0.05, 0.1) is 35.7 Å². The Hall–Kier alpha value is -3.34. The number of piperidine rings is 1. The molecule has 2 aromatic rings. The highest BCUT2D eigenvalue weighted by Crippen LogP contribution is 2.25. The second-order valence-electron chi connectivity index (χ2n) is 7.46. The number of nitriles is 1. The predicted octanol–water partition coefficient (Wildman–Crippen LogP) is 3.56. The minimum atomic E-state index is -0.254. The van der Waals surface area contributed by atoms with Gasteiger partial charge in [-0.1, -0.05) is 0 Å². The Labute approximate surface area is 176 Å². The Balaban J connectivity index is 1.66. The van der Waals surface area contributed by atoms with E-state index < -0.39 is 0 Å². The third kappa shape index (κ3) is 5.17. The molecule has 1 saturated heterocycles. The molecule has 30 heavy (non-hydrogen) atoms. The summed E-state index contributed by atoms with van der Waals surface area (Å²) in [5.74, 6) is 0.693. The Morgan fingerprint density at radius 1 is 1.33 bits per heavy atom. The van der Waals surface area contributed by atoms with Crippen LogP contribution in [-0.2, 0) is 11.3 Å². The van der Waals surface area contributed by atoms with Gasteiger partial charge < -0.3 is 14.4 Å². The zero-order chi connectivity index (χ0) is 21.5. The van der Waals surface area contributed by atoms with Crippen LogP contribution in [0.4, 0.5) is 4.79 Å². The molecule has 1 aromatic heterocycles. The van der Waals surface area contributed by atoms with E-state index in [1.54, 1.807) is 48.6 Å². The summed E-state index contributed by atoms with van der Waals surface area (Å²) < 4.78 is 13.1. The van der Waals surface area contributed by atoms with Crippen LogP contribution in [0.2, 0.25) is 0 Å². The lowest BCUT2D eigenvalue weighted by Gasteiger charge is -2.32. The number of carbonyl (C=O) groups excluding carboxylic acids is 1. The summed E-state index contributed by atoms with van der Waals surface area (Å²) in [4.78, 5) is 18.0. The van der Waals surface area contributed by atoms with Crippen LogP contribution in [0.15, 0.2) is 35.5 Å². The second kappa shape index (κ2) is 9.92. The first-order valence-corrected chi connectivity index (χ1v) is 10.1. The standard InChI is InChI=1S/C22H27N5O3/c1-16(2)30-22(28)26-10-8-19(9-11-26)27-21(14-24-3)18(13-25-27)15-29-20-6-4-17(12-23)5-7-20/h4-7,13-14,16,19H,8-11,15H2,1-3H3. The molecule has 1 fully saturated rings. The number of hydrogen-bond acceptors (Lipinski definition) is 6. The quantitative estimate of drug-likeness (QED) is 0.680. The first kappa shape index (κ1) is 21.4. The molecule has 0 spiro atoms. The average Bonchev–Trinajstić information content (AvgIpc) is 3.15. The molecule has 1 aliphatic heterocycles. The number of benzene rings is 1. The van der Waals surface area contributed by atoms with Crippen LogP contribution in [-0.4, -0.2) is 53.2 Å². The Kier molecular flexibility index (Phi) is 7.07. The van der Waals surface area contributed by atoms with Gasteiger partial charge in [-0.25, -0.2) is 4.79 Å². The van der Waals surface area contributed by atoms with Crippen molar-refractivity contribution in [3.05, 3.63) is 47.3 Å². The zero-order valence-corrected chi connectivity index (χ0v) is 17.6. The predicted molar refractivity (Wildman–Crippen MR) is 113 cm³/mol. The minimum Gasteiger partial charge on any atom is -0.489 e. The van der Waals surface area contributed by atoms with Gasteiger partial charge in [0.15, 0.2) is 0 Å². The van der Waals surface area contributed by atoms with Crippen LogP contribution in [0.3, 0.4) is 0 Å². The summed E-state index contributed by atoms with van der Waals surface area (Å²) in [7, 11) is 1.73. The number of rotatable bonds is 6. The molecule has 158 valence electrons. The third-order valence-corrected chi connectivity index (χ3v) is 4.95. The number of ether oxygens (including phenoxy) is 2. The van der Waals surface area contributed by atoms with Crippen molar-refractivity contribution in [3.63, 3.8) is 0 Å². The van der Waals surface area contributed by atoms with Crippen LogP contribution in [0.25, 0.3) is 0 Å². The van der Waals surface area contributed by atoms with E-state index in [-0.39, 0.29) is 18.2 Å². The molecule has 1 aliphatic rings. The van der Waals surface area contributed by atoms with Gasteiger partial charge in [-0.05, 0) is 51.0 Å². The lowest BCUT2D eigenvalue weighted by Crippen LogP contribution is -2.40. The highest BCUT2D eigenvalue weighted by Gasteiger charge is 2.27. The van der Waals surface area contributed by atoms with Crippen molar-refractivity contribution < 1.29 is 14.3 Å². The molecule has 0 atom stereocenters. The van der Waals surface area contributed by atoms with Crippen molar-refractivity contribution in [2.45, 2.75) is 45.4 Å². The summed E-state index contributed by atoms with van der Waals surface area (Å²) in [6.07, 6.45) is 4.83. The smallest absolute Gasteiger partial charge is 0.410 e. The molecule has 0 aliphatic carbocycles. The van der Waals surface area contributed by atoms with E-state index in [2.05, 4.69) is 16.2 Å². The zero-order valence-electron chi connectivity index (χ0n) is 17.6. The molecule has 0 N–H and O–H groups in total. The van der Waals surface area contributed by atoms with E-state index in [1.807, 2.05) is 18.5 Å². The average molecular weight is 409 g/mol. The van der Waals surface area contributed by atoms with Gasteiger partial charge in [0.1, 0.15) is 12.4 Å². The summed E-state index contributed by atoms with van der Waals surface area (Å²) in [6, 6.07) is 9.29. The maximum absolute atomic E-state index is 12.1. The minimum absolute atomic E-state index is 0.118. The molecule has 8 nitrogen and oxygen atoms in total. The molecule has 2 heterocycles. The molecule has 1 amide bonds. The van der Waals surface area contributed by atoms with E-state index in [1.165, 1.54) is 0 Å².